The molecule has 0 aliphatic rings. The van der Waals surface area contributed by atoms with E-state index in [9.17, 15) is 22.8 Å². The molecule has 0 aliphatic carbocycles. The fraction of sp³-hybridized carbons (Fsp3) is 0.375. The zero-order chi connectivity index (χ0) is 17.8. The normalized spacial score (nSPS) is 12.7. The van der Waals surface area contributed by atoms with Gasteiger partial charge in [-0.2, -0.15) is 13.2 Å². The molecule has 4 nitrogen and oxygen atoms in total. The molecule has 2 amide bonds. The van der Waals surface area contributed by atoms with Crippen LogP contribution in [-0.4, -0.2) is 18.0 Å². The van der Waals surface area contributed by atoms with Crippen molar-refractivity contribution >= 4 is 23.2 Å². The number of hydrogen-bond donors (Lipinski definition) is 2. The third-order valence-electron chi connectivity index (χ3n) is 3.20. The molecule has 0 aliphatic heterocycles. The summed E-state index contributed by atoms with van der Waals surface area (Å²) in [5, 5.41) is 4.33. The molecule has 23 heavy (non-hydrogen) atoms. The number of anilines is 2. The maximum atomic E-state index is 12.1. The lowest BCUT2D eigenvalue weighted by Crippen LogP contribution is -2.29. The molecule has 126 valence electrons. The molecule has 7 heteroatoms. The smallest absolute Gasteiger partial charge is 0.323 e. The van der Waals surface area contributed by atoms with Gasteiger partial charge in [0.15, 0.2) is 0 Å². The summed E-state index contributed by atoms with van der Waals surface area (Å²) in [4.78, 5) is 22.7. The van der Waals surface area contributed by atoms with E-state index in [1.54, 1.807) is 5.32 Å². The van der Waals surface area contributed by atoms with E-state index in [0.717, 1.165) is 5.57 Å². The molecule has 1 aromatic rings. The van der Waals surface area contributed by atoms with Crippen LogP contribution in [0, 0.1) is 5.41 Å². The predicted octanol–water partition coefficient (Wildman–Crippen LogP) is 4.12. The first-order valence-corrected chi connectivity index (χ1v) is 6.87. The summed E-state index contributed by atoms with van der Waals surface area (Å²) < 4.78 is 36.4. The zero-order valence-electron chi connectivity index (χ0n) is 13.3. The number of amides is 2. The van der Waals surface area contributed by atoms with Gasteiger partial charge in [-0.1, -0.05) is 26.3 Å². The van der Waals surface area contributed by atoms with Crippen molar-refractivity contribution in [3.05, 3.63) is 35.9 Å². The minimum absolute atomic E-state index is 0.00765. The molecule has 0 aromatic heterocycles. The lowest BCUT2D eigenvalue weighted by atomic mass is 9.87. The first-order valence-electron chi connectivity index (χ1n) is 6.87. The van der Waals surface area contributed by atoms with E-state index < -0.39 is 12.1 Å². The fourth-order valence-corrected chi connectivity index (χ4v) is 1.43. The quantitative estimate of drug-likeness (QED) is 0.820. The Morgan fingerprint density at radius 3 is 1.78 bits per heavy atom. The van der Waals surface area contributed by atoms with Crippen LogP contribution in [0.15, 0.2) is 35.9 Å². The van der Waals surface area contributed by atoms with Crippen LogP contribution in [0.25, 0.3) is 0 Å². The maximum absolute atomic E-state index is 12.1. The second-order valence-electron chi connectivity index (χ2n) is 6.10. The van der Waals surface area contributed by atoms with Gasteiger partial charge in [0.05, 0.1) is 0 Å². The number of alkyl halides is 3. The molecule has 0 unspecified atom stereocenters. The number of allylic oxidation sites excluding steroid dienone is 1. The molecule has 0 radical (unpaired) electrons. The van der Waals surface area contributed by atoms with Crippen molar-refractivity contribution in [2.45, 2.75) is 33.9 Å². The summed E-state index contributed by atoms with van der Waals surface area (Å²) in [7, 11) is 0. The minimum Gasteiger partial charge on any atom is -0.323 e. The molecule has 2 N–H and O–H groups in total. The largest absolute Gasteiger partial charge is 0.471 e. The Labute approximate surface area is 132 Å². The van der Waals surface area contributed by atoms with Gasteiger partial charge in [-0.15, -0.1) is 0 Å². The monoisotopic (exact) mass is 328 g/mol. The maximum Gasteiger partial charge on any atom is 0.471 e. The van der Waals surface area contributed by atoms with Crippen molar-refractivity contribution in [3.63, 3.8) is 0 Å². The van der Waals surface area contributed by atoms with Gasteiger partial charge in [0, 0.05) is 17.5 Å². The zero-order valence-corrected chi connectivity index (χ0v) is 13.3. The van der Waals surface area contributed by atoms with Crippen LogP contribution < -0.4 is 10.6 Å². The van der Waals surface area contributed by atoms with Crippen molar-refractivity contribution in [1.82, 2.24) is 0 Å². The summed E-state index contributed by atoms with van der Waals surface area (Å²) in [6.45, 7) is 7.77. The van der Waals surface area contributed by atoms with Gasteiger partial charge in [0.25, 0.3) is 0 Å². The summed E-state index contributed by atoms with van der Waals surface area (Å²) >= 11 is 0. The Bertz CT molecular complexity index is 612. The van der Waals surface area contributed by atoms with Gasteiger partial charge >= 0.3 is 12.1 Å². The molecule has 0 fully saturated rings. The predicted molar refractivity (Wildman–Crippen MR) is 83.0 cm³/mol. The third kappa shape index (κ3) is 6.14. The van der Waals surface area contributed by atoms with Gasteiger partial charge in [0.2, 0.25) is 5.91 Å². The molecule has 0 heterocycles. The van der Waals surface area contributed by atoms with Crippen LogP contribution >= 0.6 is 0 Å². The highest BCUT2D eigenvalue weighted by molar-refractivity contribution is 6.00. The first-order chi connectivity index (χ1) is 10.4. The average molecular weight is 328 g/mol. The molecule has 0 atom stereocenters. The Kier molecular flexibility index (Phi) is 5.58. The summed E-state index contributed by atoms with van der Waals surface area (Å²) in [6, 6.07) is 5.37. The second kappa shape index (κ2) is 6.85. The Hall–Kier alpha value is -2.31. The lowest BCUT2D eigenvalue weighted by Gasteiger charge is -2.19. The molecular weight excluding hydrogens is 309 g/mol. The van der Waals surface area contributed by atoms with E-state index in [-0.39, 0.29) is 17.0 Å². The van der Waals surface area contributed by atoms with Gasteiger partial charge in [-0.05, 0) is 36.6 Å². The average Bonchev–Trinajstić information content (AvgIpc) is 2.38. The number of rotatable bonds is 3. The minimum atomic E-state index is -4.94. The van der Waals surface area contributed by atoms with Crippen molar-refractivity contribution in [3.8, 4) is 0 Å². The van der Waals surface area contributed by atoms with E-state index in [1.165, 1.54) is 30.3 Å². The molecule has 0 saturated heterocycles. The highest BCUT2D eigenvalue weighted by Crippen LogP contribution is 2.24. The summed E-state index contributed by atoms with van der Waals surface area (Å²) in [5.41, 5.74) is 1.16. The second-order valence-corrected chi connectivity index (χ2v) is 6.10. The number of benzene rings is 1. The lowest BCUT2D eigenvalue weighted by molar-refractivity contribution is -0.167. The van der Waals surface area contributed by atoms with Crippen molar-refractivity contribution in [2.75, 3.05) is 10.6 Å². The number of halogens is 3. The highest BCUT2D eigenvalue weighted by Gasteiger charge is 2.38. The summed E-state index contributed by atoms with van der Waals surface area (Å²) in [5.74, 6) is -2.37. The van der Waals surface area contributed by atoms with Gasteiger partial charge in [-0.25, -0.2) is 0 Å². The molecule has 0 bridgehead atoms. The van der Waals surface area contributed by atoms with Crippen molar-refractivity contribution in [2.24, 2.45) is 5.41 Å². The van der Waals surface area contributed by atoms with Crippen LogP contribution in [0.5, 0.6) is 0 Å². The third-order valence-corrected chi connectivity index (χ3v) is 3.20. The van der Waals surface area contributed by atoms with Gasteiger partial charge < -0.3 is 10.6 Å². The van der Waals surface area contributed by atoms with Crippen molar-refractivity contribution in [1.29, 1.82) is 0 Å². The SMILES string of the molecule is C/C(=C\C(=O)Nc1ccc(NC(=O)C(F)(F)F)cc1)C(C)(C)C. The molecular formula is C16H19F3N2O2. The Morgan fingerprint density at radius 1 is 0.957 bits per heavy atom. The first kappa shape index (κ1) is 18.7. The van der Waals surface area contributed by atoms with E-state index in [1.807, 2.05) is 27.7 Å². The van der Waals surface area contributed by atoms with Crippen LogP contribution in [-0.2, 0) is 9.59 Å². The Morgan fingerprint density at radius 2 is 1.39 bits per heavy atom. The summed E-state index contributed by atoms with van der Waals surface area (Å²) in [6.07, 6.45) is -3.47. The molecule has 0 spiro atoms. The highest BCUT2D eigenvalue weighted by atomic mass is 19.4. The standard InChI is InChI=1S/C16H19F3N2O2/c1-10(15(2,3)4)9-13(22)20-11-5-7-12(8-6-11)21-14(23)16(17,18)19/h5-9H,1-4H3,(H,20,22)(H,21,23)/b10-9+. The fourth-order valence-electron chi connectivity index (χ4n) is 1.43. The van der Waals surface area contributed by atoms with E-state index in [2.05, 4.69) is 5.32 Å². The number of carbonyl (C=O) groups excluding carboxylic acids is 2. The van der Waals surface area contributed by atoms with Crippen LogP contribution in [0.3, 0.4) is 0 Å². The number of hydrogen-bond acceptors (Lipinski definition) is 2. The van der Waals surface area contributed by atoms with Crippen LogP contribution in [0.1, 0.15) is 27.7 Å². The topological polar surface area (TPSA) is 58.2 Å². The van der Waals surface area contributed by atoms with E-state index in [4.69, 9.17) is 0 Å². The van der Waals surface area contributed by atoms with E-state index in [0.29, 0.717) is 5.69 Å². The van der Waals surface area contributed by atoms with Gasteiger partial charge in [0.1, 0.15) is 0 Å². The van der Waals surface area contributed by atoms with Crippen LogP contribution in [0.2, 0.25) is 0 Å². The number of carbonyl (C=O) groups is 2. The van der Waals surface area contributed by atoms with Crippen LogP contribution in [0.4, 0.5) is 24.5 Å². The molecule has 0 saturated carbocycles. The molecule has 1 aromatic carbocycles. The van der Waals surface area contributed by atoms with Crippen molar-refractivity contribution < 1.29 is 22.8 Å². The van der Waals surface area contributed by atoms with E-state index >= 15 is 0 Å². The molecule has 1 rings (SSSR count). The Balaban J connectivity index is 2.71. The number of nitrogens with one attached hydrogen (secondary N) is 2. The van der Waals surface area contributed by atoms with Gasteiger partial charge in [-0.3, -0.25) is 9.59 Å².